The molecule has 2 amide bonds. The maximum atomic E-state index is 12.3. The van der Waals surface area contributed by atoms with Gasteiger partial charge in [-0.25, -0.2) is 0 Å². The molecule has 0 aliphatic carbocycles. The highest BCUT2D eigenvalue weighted by Gasteiger charge is 2.18. The lowest BCUT2D eigenvalue weighted by Gasteiger charge is -2.15. The number of rotatable bonds is 9. The molecule has 164 valence electrons. The summed E-state index contributed by atoms with van der Waals surface area (Å²) in [5, 5.41) is 4.51. The van der Waals surface area contributed by atoms with Crippen molar-refractivity contribution in [3.05, 3.63) is 41.2 Å². The van der Waals surface area contributed by atoms with Gasteiger partial charge in [0.25, 0.3) is 5.91 Å². The van der Waals surface area contributed by atoms with Crippen molar-refractivity contribution < 1.29 is 19.1 Å². The molecule has 1 aromatic carbocycles. The van der Waals surface area contributed by atoms with Gasteiger partial charge in [-0.2, -0.15) is 5.10 Å². The van der Waals surface area contributed by atoms with E-state index in [1.165, 1.54) is 0 Å². The molecule has 1 atom stereocenters. The number of hydrogen-bond donors (Lipinski definition) is 2. The molecule has 0 unspecified atom stereocenters. The second-order valence-electron chi connectivity index (χ2n) is 7.60. The average Bonchev–Trinajstić information content (AvgIpc) is 2.94. The van der Waals surface area contributed by atoms with Crippen molar-refractivity contribution in [1.29, 1.82) is 0 Å². The fraction of sp³-hybridized carbons (Fsp3) is 0.500. The normalized spacial score (nSPS) is 11.8. The molecule has 30 heavy (non-hydrogen) atoms. The number of aryl methyl sites for hydroxylation is 1. The van der Waals surface area contributed by atoms with Crippen molar-refractivity contribution in [3.8, 4) is 11.5 Å². The molecule has 0 saturated heterocycles. The molecule has 1 aromatic heterocycles. The minimum absolute atomic E-state index is 0.143. The Bertz CT molecular complexity index is 859. The van der Waals surface area contributed by atoms with Gasteiger partial charge in [-0.1, -0.05) is 13.8 Å². The first-order valence-electron chi connectivity index (χ1n) is 10.2. The summed E-state index contributed by atoms with van der Waals surface area (Å²) < 4.78 is 12.9. The lowest BCUT2D eigenvalue weighted by atomic mass is 10.1. The highest BCUT2D eigenvalue weighted by atomic mass is 16.5. The number of ether oxygens (including phenoxy) is 2. The fourth-order valence-electron chi connectivity index (χ4n) is 2.99. The highest BCUT2D eigenvalue weighted by molar-refractivity contribution is 5.85. The van der Waals surface area contributed by atoms with Crippen LogP contribution in [-0.2, 0) is 22.6 Å². The summed E-state index contributed by atoms with van der Waals surface area (Å²) in [6.07, 6.45) is -0.634. The number of hydrazine groups is 1. The Kier molecular flexibility index (Phi) is 8.26. The predicted octanol–water partition coefficient (Wildman–Crippen LogP) is 2.71. The number of hydrogen-bond acceptors (Lipinski definition) is 5. The van der Waals surface area contributed by atoms with Gasteiger partial charge in [-0.05, 0) is 57.9 Å². The van der Waals surface area contributed by atoms with Crippen LogP contribution < -0.4 is 20.3 Å². The standard InChI is InChI=1S/C22H32N4O4/c1-7-29-18-8-10-19(11-9-18)30-17(6)22(28)24-23-21(27)12-20-15(4)25-26(16(20)5)13-14(2)3/h8-11,14,17H,7,12-13H2,1-6H3,(H,23,27)(H,24,28)/t17-/m0/s1. The Morgan fingerprint density at radius 3 is 2.30 bits per heavy atom. The van der Waals surface area contributed by atoms with Crippen LogP contribution >= 0.6 is 0 Å². The van der Waals surface area contributed by atoms with E-state index in [0.29, 0.717) is 18.3 Å². The molecule has 0 spiro atoms. The van der Waals surface area contributed by atoms with E-state index in [-0.39, 0.29) is 12.3 Å². The quantitative estimate of drug-likeness (QED) is 0.613. The Morgan fingerprint density at radius 1 is 1.07 bits per heavy atom. The Balaban J connectivity index is 1.85. The molecule has 1 heterocycles. The SMILES string of the molecule is CCOc1ccc(O[C@@H](C)C(=O)NNC(=O)Cc2c(C)nn(CC(C)C)c2C)cc1. The number of nitrogens with zero attached hydrogens (tertiary/aromatic N) is 2. The van der Waals surface area contributed by atoms with Gasteiger partial charge in [0.2, 0.25) is 5.91 Å². The van der Waals surface area contributed by atoms with E-state index in [1.807, 2.05) is 25.5 Å². The first-order chi connectivity index (χ1) is 14.2. The van der Waals surface area contributed by atoms with Crippen molar-refractivity contribution in [2.45, 2.75) is 60.6 Å². The molecule has 0 saturated carbocycles. The zero-order valence-electron chi connectivity index (χ0n) is 18.6. The summed E-state index contributed by atoms with van der Waals surface area (Å²) in [6, 6.07) is 7.01. The van der Waals surface area contributed by atoms with Crippen LogP contribution in [0.3, 0.4) is 0 Å². The first-order valence-corrected chi connectivity index (χ1v) is 10.2. The van der Waals surface area contributed by atoms with E-state index in [4.69, 9.17) is 9.47 Å². The lowest BCUT2D eigenvalue weighted by molar-refractivity contribution is -0.132. The third-order valence-electron chi connectivity index (χ3n) is 4.55. The molecule has 2 aromatic rings. The Morgan fingerprint density at radius 2 is 1.70 bits per heavy atom. The van der Waals surface area contributed by atoms with Crippen LogP contribution in [-0.4, -0.2) is 34.3 Å². The minimum Gasteiger partial charge on any atom is -0.494 e. The van der Waals surface area contributed by atoms with Crippen molar-refractivity contribution >= 4 is 11.8 Å². The summed E-state index contributed by atoms with van der Waals surface area (Å²) >= 11 is 0. The summed E-state index contributed by atoms with van der Waals surface area (Å²) in [6.45, 7) is 13.0. The van der Waals surface area contributed by atoms with Crippen LogP contribution in [0.1, 0.15) is 44.6 Å². The molecule has 8 heteroatoms. The zero-order chi connectivity index (χ0) is 22.3. The van der Waals surface area contributed by atoms with Gasteiger partial charge in [0.1, 0.15) is 11.5 Å². The van der Waals surface area contributed by atoms with Crippen LogP contribution in [0.4, 0.5) is 0 Å². The smallest absolute Gasteiger partial charge is 0.279 e. The Labute approximate surface area is 177 Å². The maximum absolute atomic E-state index is 12.3. The van der Waals surface area contributed by atoms with Crippen molar-refractivity contribution in [2.75, 3.05) is 6.61 Å². The molecule has 0 bridgehead atoms. The predicted molar refractivity (Wildman–Crippen MR) is 114 cm³/mol. The van der Waals surface area contributed by atoms with E-state index >= 15 is 0 Å². The molecular weight excluding hydrogens is 384 g/mol. The highest BCUT2D eigenvalue weighted by Crippen LogP contribution is 2.18. The van der Waals surface area contributed by atoms with Crippen molar-refractivity contribution in [2.24, 2.45) is 5.92 Å². The number of nitrogens with one attached hydrogen (secondary N) is 2. The molecule has 0 fully saturated rings. The van der Waals surface area contributed by atoms with Gasteiger partial charge in [-0.15, -0.1) is 0 Å². The number of aromatic nitrogens is 2. The second kappa shape index (κ2) is 10.7. The van der Waals surface area contributed by atoms with E-state index in [1.54, 1.807) is 31.2 Å². The summed E-state index contributed by atoms with van der Waals surface area (Å²) in [5.41, 5.74) is 7.53. The summed E-state index contributed by atoms with van der Waals surface area (Å²) in [5.74, 6) is 0.974. The van der Waals surface area contributed by atoms with Crippen LogP contribution in [0.15, 0.2) is 24.3 Å². The largest absolute Gasteiger partial charge is 0.494 e. The van der Waals surface area contributed by atoms with E-state index in [0.717, 1.165) is 29.2 Å². The van der Waals surface area contributed by atoms with Crippen LogP contribution in [0.5, 0.6) is 11.5 Å². The number of benzene rings is 1. The van der Waals surface area contributed by atoms with Crippen molar-refractivity contribution in [1.82, 2.24) is 20.6 Å². The van der Waals surface area contributed by atoms with Gasteiger partial charge < -0.3 is 9.47 Å². The average molecular weight is 417 g/mol. The zero-order valence-corrected chi connectivity index (χ0v) is 18.6. The van der Waals surface area contributed by atoms with Crippen LogP contribution in [0.25, 0.3) is 0 Å². The van der Waals surface area contributed by atoms with E-state index in [2.05, 4.69) is 29.8 Å². The fourth-order valence-corrected chi connectivity index (χ4v) is 2.99. The molecule has 0 aliphatic rings. The van der Waals surface area contributed by atoms with Gasteiger partial charge in [0.05, 0.1) is 18.7 Å². The van der Waals surface area contributed by atoms with Gasteiger partial charge in [-0.3, -0.25) is 25.1 Å². The first kappa shape index (κ1) is 23.3. The molecule has 8 nitrogen and oxygen atoms in total. The van der Waals surface area contributed by atoms with Gasteiger partial charge in [0.15, 0.2) is 6.10 Å². The number of carbonyl (C=O) groups is 2. The summed E-state index contributed by atoms with van der Waals surface area (Å²) in [7, 11) is 0. The van der Waals surface area contributed by atoms with Gasteiger partial charge in [0, 0.05) is 17.8 Å². The minimum atomic E-state index is -0.777. The molecule has 0 aliphatic heterocycles. The molecule has 2 N–H and O–H groups in total. The monoisotopic (exact) mass is 416 g/mol. The van der Waals surface area contributed by atoms with Gasteiger partial charge >= 0.3 is 0 Å². The third kappa shape index (κ3) is 6.50. The van der Waals surface area contributed by atoms with E-state index in [9.17, 15) is 9.59 Å². The summed E-state index contributed by atoms with van der Waals surface area (Å²) in [4.78, 5) is 24.6. The molecule has 2 rings (SSSR count). The van der Waals surface area contributed by atoms with Crippen LogP contribution in [0, 0.1) is 19.8 Å². The lowest BCUT2D eigenvalue weighted by Crippen LogP contribution is -2.47. The second-order valence-corrected chi connectivity index (χ2v) is 7.60. The Hall–Kier alpha value is -3.03. The third-order valence-corrected chi connectivity index (χ3v) is 4.55. The number of amides is 2. The molecular formula is C22H32N4O4. The topological polar surface area (TPSA) is 94.5 Å². The van der Waals surface area contributed by atoms with Crippen LogP contribution in [0.2, 0.25) is 0 Å². The molecule has 0 radical (unpaired) electrons. The van der Waals surface area contributed by atoms with E-state index < -0.39 is 12.0 Å². The maximum Gasteiger partial charge on any atom is 0.279 e. The number of carbonyl (C=O) groups excluding carboxylic acids is 2. The van der Waals surface area contributed by atoms with Crippen molar-refractivity contribution in [3.63, 3.8) is 0 Å².